The molecule has 1 atom stereocenters. The van der Waals surface area contributed by atoms with E-state index in [4.69, 9.17) is 0 Å². The predicted molar refractivity (Wildman–Crippen MR) is 124 cm³/mol. The topological polar surface area (TPSA) is 41.4 Å². The van der Waals surface area contributed by atoms with Crippen LogP contribution in [0.4, 0.5) is 0 Å². The number of aromatic nitrogens is 2. The molecule has 1 aromatic heterocycles. The molecule has 162 valence electrons. The van der Waals surface area contributed by atoms with E-state index in [1.807, 2.05) is 29.5 Å². The summed E-state index contributed by atoms with van der Waals surface area (Å²) < 4.78 is 1.81. The van der Waals surface area contributed by atoms with Crippen molar-refractivity contribution in [3.05, 3.63) is 88.2 Å². The highest BCUT2D eigenvalue weighted by atomic mass is 16.2. The van der Waals surface area contributed by atoms with Crippen LogP contribution in [0, 0.1) is 27.7 Å². The van der Waals surface area contributed by atoms with Crippen LogP contribution in [0.15, 0.2) is 54.6 Å². The van der Waals surface area contributed by atoms with Gasteiger partial charge in [-0.2, -0.15) is 5.10 Å². The average Bonchev–Trinajstić information content (AvgIpc) is 3.08. The van der Waals surface area contributed by atoms with Gasteiger partial charge in [0.1, 0.15) is 6.54 Å². The molecule has 0 aliphatic carbocycles. The van der Waals surface area contributed by atoms with Gasteiger partial charge >= 0.3 is 0 Å². The maximum Gasteiger partial charge on any atom is 0.244 e. The van der Waals surface area contributed by atoms with Crippen LogP contribution < -0.4 is 0 Å². The Bertz CT molecular complexity index is 1050. The molecular formula is C26H32N4O. The van der Waals surface area contributed by atoms with Crippen molar-refractivity contribution in [2.45, 2.75) is 40.3 Å². The molecular weight excluding hydrogens is 384 g/mol. The zero-order valence-electron chi connectivity index (χ0n) is 19.0. The van der Waals surface area contributed by atoms with Crippen molar-refractivity contribution in [3.8, 4) is 0 Å². The summed E-state index contributed by atoms with van der Waals surface area (Å²) in [4.78, 5) is 17.4. The van der Waals surface area contributed by atoms with Gasteiger partial charge in [0, 0.05) is 31.9 Å². The van der Waals surface area contributed by atoms with Crippen molar-refractivity contribution in [2.24, 2.45) is 0 Å². The molecule has 2 heterocycles. The normalized spacial score (nSPS) is 15.8. The number of aryl methyl sites for hydroxylation is 4. The Morgan fingerprint density at radius 3 is 2.29 bits per heavy atom. The van der Waals surface area contributed by atoms with Crippen molar-refractivity contribution in [1.29, 1.82) is 0 Å². The van der Waals surface area contributed by atoms with Crippen LogP contribution >= 0.6 is 0 Å². The minimum absolute atomic E-state index is 0.147. The second-order valence-corrected chi connectivity index (χ2v) is 8.67. The van der Waals surface area contributed by atoms with Gasteiger partial charge in [-0.1, -0.05) is 54.1 Å². The smallest absolute Gasteiger partial charge is 0.244 e. The van der Waals surface area contributed by atoms with E-state index in [0.717, 1.165) is 37.6 Å². The largest absolute Gasteiger partial charge is 0.339 e. The monoisotopic (exact) mass is 416 g/mol. The van der Waals surface area contributed by atoms with Crippen molar-refractivity contribution in [1.82, 2.24) is 19.6 Å². The molecule has 1 aliphatic heterocycles. The lowest BCUT2D eigenvalue weighted by molar-refractivity contribution is -0.134. The zero-order valence-corrected chi connectivity index (χ0v) is 19.0. The van der Waals surface area contributed by atoms with Gasteiger partial charge in [-0.3, -0.25) is 14.4 Å². The second-order valence-electron chi connectivity index (χ2n) is 8.67. The molecule has 3 aromatic rings. The molecule has 5 heteroatoms. The van der Waals surface area contributed by atoms with Gasteiger partial charge in [-0.05, 0) is 50.5 Å². The lowest BCUT2D eigenvalue weighted by Crippen LogP contribution is -2.50. The molecule has 0 saturated carbocycles. The first kappa shape index (κ1) is 21.3. The SMILES string of the molecule is Cc1ccc(C)c([C@@H](c2ccccc2)N2CCN(C(=O)Cn3nc(C)cc3C)CC2)c1. The number of carbonyl (C=O) groups excluding carboxylic acids is 1. The van der Waals surface area contributed by atoms with Gasteiger partial charge in [0.15, 0.2) is 0 Å². The Morgan fingerprint density at radius 2 is 1.65 bits per heavy atom. The van der Waals surface area contributed by atoms with Gasteiger partial charge in [0.2, 0.25) is 5.91 Å². The molecule has 1 aliphatic rings. The third kappa shape index (κ3) is 4.72. The van der Waals surface area contributed by atoms with E-state index >= 15 is 0 Å². The van der Waals surface area contributed by atoms with Gasteiger partial charge in [0.05, 0.1) is 11.7 Å². The summed E-state index contributed by atoms with van der Waals surface area (Å²) in [6.45, 7) is 11.8. The van der Waals surface area contributed by atoms with Crippen LogP contribution in [0.5, 0.6) is 0 Å². The second kappa shape index (κ2) is 9.06. The Hall–Kier alpha value is -2.92. The van der Waals surface area contributed by atoms with E-state index in [1.165, 1.54) is 22.3 Å². The standard InChI is InChI=1S/C26H32N4O/c1-19-10-11-20(2)24(16-19)26(23-8-6-5-7-9-23)29-14-12-28(13-15-29)25(31)18-30-22(4)17-21(3)27-30/h5-11,16-17,26H,12-15,18H2,1-4H3/t26-/m1/s1. The number of hydrogen-bond donors (Lipinski definition) is 0. The number of piperazine rings is 1. The minimum Gasteiger partial charge on any atom is -0.339 e. The summed E-state index contributed by atoms with van der Waals surface area (Å²) in [5.41, 5.74) is 7.23. The van der Waals surface area contributed by atoms with Crippen molar-refractivity contribution in [2.75, 3.05) is 26.2 Å². The molecule has 2 aromatic carbocycles. The first-order valence-corrected chi connectivity index (χ1v) is 11.1. The molecule has 0 unspecified atom stereocenters. The van der Waals surface area contributed by atoms with Crippen LogP contribution in [0.3, 0.4) is 0 Å². The van der Waals surface area contributed by atoms with E-state index < -0.39 is 0 Å². The fourth-order valence-electron chi connectivity index (χ4n) is 4.57. The molecule has 4 rings (SSSR count). The number of rotatable bonds is 5. The minimum atomic E-state index is 0.147. The molecule has 31 heavy (non-hydrogen) atoms. The maximum atomic E-state index is 12.9. The van der Waals surface area contributed by atoms with Gasteiger partial charge in [0.25, 0.3) is 0 Å². The van der Waals surface area contributed by atoms with Crippen molar-refractivity contribution >= 4 is 5.91 Å². The highest BCUT2D eigenvalue weighted by Crippen LogP contribution is 2.32. The lowest BCUT2D eigenvalue weighted by atomic mass is 9.92. The Labute approximate surface area is 185 Å². The molecule has 0 spiro atoms. The predicted octanol–water partition coefficient (Wildman–Crippen LogP) is 4.05. The van der Waals surface area contributed by atoms with E-state index in [9.17, 15) is 4.79 Å². The molecule has 0 radical (unpaired) electrons. The zero-order chi connectivity index (χ0) is 22.0. The average molecular weight is 417 g/mol. The van der Waals surface area contributed by atoms with Crippen molar-refractivity contribution in [3.63, 3.8) is 0 Å². The number of nitrogens with zero attached hydrogens (tertiary/aromatic N) is 4. The van der Waals surface area contributed by atoms with Gasteiger partial charge in [-0.25, -0.2) is 0 Å². The summed E-state index contributed by atoms with van der Waals surface area (Å²) in [5.74, 6) is 0.147. The van der Waals surface area contributed by atoms with E-state index in [-0.39, 0.29) is 11.9 Å². The summed E-state index contributed by atoms with van der Waals surface area (Å²) in [6.07, 6.45) is 0. The van der Waals surface area contributed by atoms with E-state index in [1.54, 1.807) is 0 Å². The Balaban J connectivity index is 1.51. The quantitative estimate of drug-likeness (QED) is 0.630. The highest BCUT2D eigenvalue weighted by Gasteiger charge is 2.29. The molecule has 0 bridgehead atoms. The van der Waals surface area contributed by atoms with Crippen molar-refractivity contribution < 1.29 is 4.79 Å². The first-order valence-electron chi connectivity index (χ1n) is 11.1. The Morgan fingerprint density at radius 1 is 0.935 bits per heavy atom. The molecule has 1 saturated heterocycles. The van der Waals surface area contributed by atoms with Gasteiger partial charge < -0.3 is 4.90 Å². The summed E-state index contributed by atoms with van der Waals surface area (Å²) in [5, 5.41) is 4.44. The fraction of sp³-hybridized carbons (Fsp3) is 0.385. The lowest BCUT2D eigenvalue weighted by Gasteiger charge is -2.40. The van der Waals surface area contributed by atoms with E-state index in [0.29, 0.717) is 6.54 Å². The highest BCUT2D eigenvalue weighted by molar-refractivity contribution is 5.76. The first-order chi connectivity index (χ1) is 14.9. The van der Waals surface area contributed by atoms with E-state index in [2.05, 4.69) is 72.4 Å². The fourth-order valence-corrected chi connectivity index (χ4v) is 4.57. The summed E-state index contributed by atoms with van der Waals surface area (Å²) in [7, 11) is 0. The van der Waals surface area contributed by atoms with Gasteiger partial charge in [-0.15, -0.1) is 0 Å². The molecule has 1 fully saturated rings. The number of benzene rings is 2. The van der Waals surface area contributed by atoms with Crippen LogP contribution in [0.2, 0.25) is 0 Å². The van der Waals surface area contributed by atoms with Crippen LogP contribution in [0.25, 0.3) is 0 Å². The molecule has 5 nitrogen and oxygen atoms in total. The van der Waals surface area contributed by atoms with Crippen LogP contribution in [-0.4, -0.2) is 51.7 Å². The molecule has 0 N–H and O–H groups in total. The van der Waals surface area contributed by atoms with Crippen LogP contribution in [-0.2, 0) is 11.3 Å². The summed E-state index contributed by atoms with van der Waals surface area (Å²) in [6, 6.07) is 19.6. The van der Waals surface area contributed by atoms with Crippen LogP contribution in [0.1, 0.15) is 39.7 Å². The number of carbonyl (C=O) groups is 1. The summed E-state index contributed by atoms with van der Waals surface area (Å²) >= 11 is 0. The maximum absolute atomic E-state index is 12.9. The molecule has 1 amide bonds. The number of hydrogen-bond acceptors (Lipinski definition) is 3. The number of amides is 1. The third-order valence-electron chi connectivity index (χ3n) is 6.27. The Kier molecular flexibility index (Phi) is 6.23. The third-order valence-corrected chi connectivity index (χ3v) is 6.27.